The number of nitrogens with one attached hydrogen (secondary N) is 1. The zero-order valence-corrected chi connectivity index (χ0v) is 13.2. The van der Waals surface area contributed by atoms with Crippen molar-refractivity contribution in [3.8, 4) is 5.69 Å². The van der Waals surface area contributed by atoms with Crippen LogP contribution in [0.1, 0.15) is 12.5 Å². The standard InChI is InChI=1S/C14H13N3O2S2/c1-3-8-4-6-9(7-5-8)17-12(18)10-11(15-13(17)19)16-14(20-2)21-10/h4-7H,3H2,1-2H3,(H,15,19). The zero-order valence-electron chi connectivity index (χ0n) is 11.5. The Kier molecular flexibility index (Phi) is 3.69. The average Bonchev–Trinajstić information content (AvgIpc) is 2.91. The van der Waals surface area contributed by atoms with E-state index in [1.807, 2.05) is 18.4 Å². The van der Waals surface area contributed by atoms with Crippen molar-refractivity contribution in [2.45, 2.75) is 17.7 Å². The van der Waals surface area contributed by atoms with E-state index < -0.39 is 5.69 Å². The number of nitrogens with zero attached hydrogens (tertiary/aromatic N) is 2. The predicted octanol–water partition coefficient (Wildman–Crippen LogP) is 2.42. The second-order valence-corrected chi connectivity index (χ2v) is 6.50. The lowest BCUT2D eigenvalue weighted by atomic mass is 10.1. The average molecular weight is 319 g/mol. The molecule has 0 atom stereocenters. The van der Waals surface area contributed by atoms with Crippen LogP contribution in [0.5, 0.6) is 0 Å². The molecule has 0 aliphatic rings. The molecular formula is C14H13N3O2S2. The van der Waals surface area contributed by atoms with Crippen LogP contribution in [0, 0.1) is 0 Å². The lowest BCUT2D eigenvalue weighted by Crippen LogP contribution is -2.33. The monoisotopic (exact) mass is 319 g/mol. The maximum atomic E-state index is 12.5. The molecule has 0 fully saturated rings. The maximum absolute atomic E-state index is 12.5. The van der Waals surface area contributed by atoms with Crippen molar-refractivity contribution in [1.82, 2.24) is 14.5 Å². The Morgan fingerprint density at radius 1 is 1.29 bits per heavy atom. The minimum Gasteiger partial charge on any atom is -0.290 e. The summed E-state index contributed by atoms with van der Waals surface area (Å²) in [6.07, 6.45) is 2.80. The van der Waals surface area contributed by atoms with E-state index in [4.69, 9.17) is 0 Å². The number of thiazole rings is 1. The van der Waals surface area contributed by atoms with Gasteiger partial charge < -0.3 is 0 Å². The largest absolute Gasteiger partial charge is 0.334 e. The van der Waals surface area contributed by atoms with Gasteiger partial charge in [0.15, 0.2) is 9.99 Å². The molecule has 21 heavy (non-hydrogen) atoms. The van der Waals surface area contributed by atoms with Crippen LogP contribution in [-0.2, 0) is 6.42 Å². The normalized spacial score (nSPS) is 11.1. The summed E-state index contributed by atoms with van der Waals surface area (Å²) in [6, 6.07) is 7.42. The number of benzene rings is 1. The minimum atomic E-state index is -0.463. The van der Waals surface area contributed by atoms with Gasteiger partial charge in [-0.3, -0.25) is 9.78 Å². The molecule has 0 spiro atoms. The third-order valence-corrected chi connectivity index (χ3v) is 5.24. The van der Waals surface area contributed by atoms with Crippen molar-refractivity contribution in [3.63, 3.8) is 0 Å². The highest BCUT2D eigenvalue weighted by Crippen LogP contribution is 2.24. The molecule has 3 aromatic rings. The van der Waals surface area contributed by atoms with Gasteiger partial charge in [0, 0.05) is 0 Å². The Hall–Kier alpha value is -1.86. The van der Waals surface area contributed by atoms with Gasteiger partial charge in [0.25, 0.3) is 5.56 Å². The van der Waals surface area contributed by atoms with Gasteiger partial charge in [0.05, 0.1) is 5.69 Å². The van der Waals surface area contributed by atoms with Crippen molar-refractivity contribution in [1.29, 1.82) is 0 Å². The quantitative estimate of drug-likeness (QED) is 0.753. The smallest absolute Gasteiger partial charge is 0.290 e. The molecule has 0 aliphatic heterocycles. The molecule has 108 valence electrons. The van der Waals surface area contributed by atoms with Crippen LogP contribution in [0.3, 0.4) is 0 Å². The van der Waals surface area contributed by atoms with Gasteiger partial charge in [-0.25, -0.2) is 14.3 Å². The molecule has 0 amide bonds. The first kappa shape index (κ1) is 14.1. The highest BCUT2D eigenvalue weighted by atomic mass is 32.2. The second kappa shape index (κ2) is 5.50. The summed E-state index contributed by atoms with van der Waals surface area (Å²) in [5.74, 6) is 0. The Balaban J connectivity index is 2.26. The number of H-pyrrole nitrogens is 1. The van der Waals surface area contributed by atoms with Crippen molar-refractivity contribution in [2.75, 3.05) is 6.26 Å². The molecule has 0 aliphatic carbocycles. The van der Waals surface area contributed by atoms with Crippen LogP contribution in [0.15, 0.2) is 38.2 Å². The topological polar surface area (TPSA) is 67.8 Å². The molecule has 1 aromatic carbocycles. The molecule has 2 aromatic heterocycles. The predicted molar refractivity (Wildman–Crippen MR) is 87.0 cm³/mol. The number of aromatic nitrogens is 3. The van der Waals surface area contributed by atoms with Crippen LogP contribution >= 0.6 is 23.1 Å². The molecule has 2 heterocycles. The summed E-state index contributed by atoms with van der Waals surface area (Å²) in [4.78, 5) is 31.6. The van der Waals surface area contributed by atoms with E-state index in [1.54, 1.807) is 12.1 Å². The SMILES string of the molecule is CCc1ccc(-n2c(=O)[nH]c3nc(SC)sc3c2=O)cc1. The maximum Gasteiger partial charge on any atom is 0.334 e. The Morgan fingerprint density at radius 2 is 2.00 bits per heavy atom. The number of hydrogen-bond donors (Lipinski definition) is 1. The van der Waals surface area contributed by atoms with Gasteiger partial charge >= 0.3 is 5.69 Å². The van der Waals surface area contributed by atoms with Gasteiger partial charge in [-0.1, -0.05) is 30.8 Å². The van der Waals surface area contributed by atoms with E-state index in [9.17, 15) is 9.59 Å². The van der Waals surface area contributed by atoms with Crippen LogP contribution in [0.4, 0.5) is 0 Å². The first-order chi connectivity index (χ1) is 10.1. The van der Waals surface area contributed by atoms with E-state index in [0.717, 1.165) is 20.9 Å². The first-order valence-electron chi connectivity index (χ1n) is 6.43. The number of hydrogen-bond acceptors (Lipinski definition) is 5. The van der Waals surface area contributed by atoms with Gasteiger partial charge in [-0.2, -0.15) is 0 Å². The lowest BCUT2D eigenvalue weighted by Gasteiger charge is -2.05. The summed E-state index contributed by atoms with van der Waals surface area (Å²) >= 11 is 2.75. The van der Waals surface area contributed by atoms with Crippen LogP contribution in [-0.4, -0.2) is 20.8 Å². The third kappa shape index (κ3) is 2.43. The van der Waals surface area contributed by atoms with E-state index in [2.05, 4.69) is 16.9 Å². The fraction of sp³-hybridized carbons (Fsp3) is 0.214. The molecule has 0 radical (unpaired) electrons. The molecule has 7 heteroatoms. The molecule has 0 bridgehead atoms. The molecule has 1 N–H and O–H groups in total. The molecule has 5 nitrogen and oxygen atoms in total. The number of thioether (sulfide) groups is 1. The number of aryl methyl sites for hydroxylation is 1. The summed E-state index contributed by atoms with van der Waals surface area (Å²) in [6.45, 7) is 2.06. The van der Waals surface area contributed by atoms with Crippen molar-refractivity contribution in [2.24, 2.45) is 0 Å². The Bertz CT molecular complexity index is 907. The van der Waals surface area contributed by atoms with Crippen LogP contribution in [0.25, 0.3) is 16.0 Å². The lowest BCUT2D eigenvalue weighted by molar-refractivity contribution is 0.897. The number of aromatic amines is 1. The molecule has 0 saturated carbocycles. The zero-order chi connectivity index (χ0) is 15.0. The number of fused-ring (bicyclic) bond motifs is 1. The van der Waals surface area contributed by atoms with E-state index in [0.29, 0.717) is 16.0 Å². The first-order valence-corrected chi connectivity index (χ1v) is 8.47. The van der Waals surface area contributed by atoms with Crippen molar-refractivity contribution >= 4 is 33.4 Å². The van der Waals surface area contributed by atoms with Gasteiger partial charge in [0.2, 0.25) is 0 Å². The third-order valence-electron chi connectivity index (χ3n) is 3.21. The molecule has 0 unspecified atom stereocenters. The van der Waals surface area contributed by atoms with Gasteiger partial charge in [0.1, 0.15) is 4.70 Å². The summed E-state index contributed by atoms with van der Waals surface area (Å²) in [5, 5.41) is 0. The molecule has 0 saturated heterocycles. The Labute approximate surface area is 128 Å². The fourth-order valence-corrected chi connectivity index (χ4v) is 3.53. The van der Waals surface area contributed by atoms with E-state index >= 15 is 0 Å². The van der Waals surface area contributed by atoms with E-state index in [1.165, 1.54) is 23.1 Å². The van der Waals surface area contributed by atoms with Gasteiger partial charge in [-0.15, -0.1) is 11.3 Å². The van der Waals surface area contributed by atoms with Crippen molar-refractivity contribution < 1.29 is 0 Å². The van der Waals surface area contributed by atoms with Gasteiger partial charge in [-0.05, 0) is 30.4 Å². The summed E-state index contributed by atoms with van der Waals surface area (Å²) in [5.41, 5.74) is 1.30. The number of rotatable bonds is 3. The fourth-order valence-electron chi connectivity index (χ4n) is 2.08. The highest BCUT2D eigenvalue weighted by molar-refractivity contribution is 8.00. The second-order valence-electron chi connectivity index (χ2n) is 4.45. The molecular weight excluding hydrogens is 306 g/mol. The van der Waals surface area contributed by atoms with Crippen LogP contribution < -0.4 is 11.2 Å². The highest BCUT2D eigenvalue weighted by Gasteiger charge is 2.13. The summed E-state index contributed by atoms with van der Waals surface area (Å²) in [7, 11) is 0. The Morgan fingerprint density at radius 3 is 2.62 bits per heavy atom. The minimum absolute atomic E-state index is 0.323. The van der Waals surface area contributed by atoms with Crippen LogP contribution in [0.2, 0.25) is 0 Å². The molecule has 3 rings (SSSR count). The summed E-state index contributed by atoms with van der Waals surface area (Å²) < 4.78 is 2.39. The van der Waals surface area contributed by atoms with E-state index in [-0.39, 0.29) is 5.56 Å². The van der Waals surface area contributed by atoms with Crippen molar-refractivity contribution in [3.05, 3.63) is 50.7 Å².